The number of ether oxygens (including phenoxy) is 1. The lowest BCUT2D eigenvalue weighted by Gasteiger charge is -2.35. The van der Waals surface area contributed by atoms with E-state index in [0.29, 0.717) is 5.92 Å². The highest BCUT2D eigenvalue weighted by atomic mass is 16.5. The van der Waals surface area contributed by atoms with E-state index in [1.54, 1.807) is 7.11 Å². The molecule has 2 nitrogen and oxygen atoms in total. The third kappa shape index (κ3) is 3.33. The molecule has 0 saturated heterocycles. The van der Waals surface area contributed by atoms with Gasteiger partial charge in [-0.05, 0) is 42.7 Å². The Labute approximate surface area is 111 Å². The van der Waals surface area contributed by atoms with E-state index in [-0.39, 0.29) is 0 Å². The van der Waals surface area contributed by atoms with Gasteiger partial charge in [0.2, 0.25) is 0 Å². The summed E-state index contributed by atoms with van der Waals surface area (Å²) in [6.45, 7) is 5.06. The minimum Gasteiger partial charge on any atom is -0.383 e. The van der Waals surface area contributed by atoms with Crippen LogP contribution in [0.4, 0.5) is 0 Å². The van der Waals surface area contributed by atoms with Gasteiger partial charge in [-0.25, -0.2) is 0 Å². The average Bonchev–Trinajstić information content (AvgIpc) is 2.31. The lowest BCUT2D eigenvalue weighted by Crippen LogP contribution is -2.32. The van der Waals surface area contributed by atoms with Gasteiger partial charge in [-0.2, -0.15) is 0 Å². The van der Waals surface area contributed by atoms with E-state index in [2.05, 4.69) is 36.5 Å². The number of nitrogens with one attached hydrogen (secondary N) is 1. The first kappa shape index (κ1) is 13.6. The Morgan fingerprint density at radius 2 is 2.11 bits per heavy atom. The molecule has 1 atom stereocenters. The van der Waals surface area contributed by atoms with E-state index in [1.807, 2.05) is 0 Å². The van der Waals surface area contributed by atoms with Gasteiger partial charge < -0.3 is 10.1 Å². The van der Waals surface area contributed by atoms with Crippen molar-refractivity contribution in [3.05, 3.63) is 35.4 Å². The topological polar surface area (TPSA) is 21.3 Å². The van der Waals surface area contributed by atoms with Crippen molar-refractivity contribution in [3.8, 4) is 0 Å². The van der Waals surface area contributed by atoms with E-state index in [4.69, 9.17) is 4.74 Å². The fraction of sp³-hybridized carbons (Fsp3) is 0.625. The molecule has 1 fully saturated rings. The molecule has 2 heteroatoms. The summed E-state index contributed by atoms with van der Waals surface area (Å²) >= 11 is 0. The first-order valence-electron chi connectivity index (χ1n) is 7.08. The molecule has 1 N–H and O–H groups in total. The van der Waals surface area contributed by atoms with Crippen LogP contribution in [0.5, 0.6) is 0 Å². The number of hydrogen-bond donors (Lipinski definition) is 1. The molecule has 0 radical (unpaired) electrons. The first-order valence-corrected chi connectivity index (χ1v) is 7.08. The Kier molecular flexibility index (Phi) is 5.21. The van der Waals surface area contributed by atoms with Crippen LogP contribution in [0.3, 0.4) is 0 Å². The maximum atomic E-state index is 5.09. The highest BCUT2D eigenvalue weighted by Gasteiger charge is 2.28. The zero-order chi connectivity index (χ0) is 12.8. The Hall–Kier alpha value is -0.860. The molecule has 0 heterocycles. The van der Waals surface area contributed by atoms with E-state index >= 15 is 0 Å². The molecule has 2 rings (SSSR count). The molecule has 1 aromatic rings. The molecular formula is C16H25NO. The fourth-order valence-electron chi connectivity index (χ4n) is 2.81. The second kappa shape index (κ2) is 6.91. The van der Waals surface area contributed by atoms with Crippen molar-refractivity contribution in [2.45, 2.75) is 32.1 Å². The van der Waals surface area contributed by atoms with Gasteiger partial charge in [-0.3, -0.25) is 0 Å². The largest absolute Gasteiger partial charge is 0.383 e. The van der Waals surface area contributed by atoms with Crippen LogP contribution in [0.1, 0.15) is 36.3 Å². The third-order valence-corrected chi connectivity index (χ3v) is 4.15. The van der Waals surface area contributed by atoms with Crippen molar-refractivity contribution in [3.63, 3.8) is 0 Å². The highest BCUT2D eigenvalue weighted by molar-refractivity contribution is 5.30. The summed E-state index contributed by atoms with van der Waals surface area (Å²) in [5.41, 5.74) is 2.97. The van der Waals surface area contributed by atoms with Gasteiger partial charge >= 0.3 is 0 Å². The normalized spacial score (nSPS) is 17.4. The van der Waals surface area contributed by atoms with Gasteiger partial charge in [0.15, 0.2) is 0 Å². The van der Waals surface area contributed by atoms with Crippen LogP contribution >= 0.6 is 0 Å². The number of benzene rings is 1. The fourth-order valence-corrected chi connectivity index (χ4v) is 2.81. The lowest BCUT2D eigenvalue weighted by molar-refractivity contribution is 0.194. The van der Waals surface area contributed by atoms with Crippen molar-refractivity contribution in [1.82, 2.24) is 5.32 Å². The van der Waals surface area contributed by atoms with Gasteiger partial charge in [0.25, 0.3) is 0 Å². The van der Waals surface area contributed by atoms with Gasteiger partial charge in [-0.15, -0.1) is 0 Å². The lowest BCUT2D eigenvalue weighted by atomic mass is 9.72. The molecule has 0 bridgehead atoms. The number of aryl methyl sites for hydroxylation is 1. The van der Waals surface area contributed by atoms with Crippen LogP contribution in [-0.4, -0.2) is 26.8 Å². The van der Waals surface area contributed by atoms with Crippen LogP contribution in [0.2, 0.25) is 0 Å². The molecule has 0 aromatic heterocycles. The van der Waals surface area contributed by atoms with Gasteiger partial charge in [-0.1, -0.05) is 30.7 Å². The van der Waals surface area contributed by atoms with Crippen molar-refractivity contribution < 1.29 is 4.74 Å². The molecule has 1 unspecified atom stereocenters. The molecule has 0 aliphatic heterocycles. The quantitative estimate of drug-likeness (QED) is 0.748. The van der Waals surface area contributed by atoms with Crippen LogP contribution in [0.25, 0.3) is 0 Å². The second-order valence-corrected chi connectivity index (χ2v) is 5.35. The van der Waals surface area contributed by atoms with Crippen molar-refractivity contribution in [2.75, 3.05) is 26.8 Å². The number of methoxy groups -OCH3 is 1. The molecular weight excluding hydrogens is 222 g/mol. The maximum Gasteiger partial charge on any atom is 0.0587 e. The summed E-state index contributed by atoms with van der Waals surface area (Å²) in [7, 11) is 1.76. The zero-order valence-electron chi connectivity index (χ0n) is 11.6. The standard InChI is InChI=1S/C16H25NO/c1-13-6-3-4-9-15(13)16(14-7-5-8-14)12-17-10-11-18-2/h3-4,6,9,14,16-17H,5,7-8,10-12H2,1-2H3. The Bertz CT molecular complexity index is 360. The van der Waals surface area contributed by atoms with Crippen molar-refractivity contribution >= 4 is 0 Å². The van der Waals surface area contributed by atoms with Crippen LogP contribution in [-0.2, 0) is 4.74 Å². The Morgan fingerprint density at radius 1 is 1.33 bits per heavy atom. The molecule has 1 aliphatic rings. The van der Waals surface area contributed by atoms with Crippen molar-refractivity contribution in [1.29, 1.82) is 0 Å². The highest BCUT2D eigenvalue weighted by Crippen LogP contribution is 2.39. The average molecular weight is 247 g/mol. The molecule has 1 aromatic carbocycles. The summed E-state index contributed by atoms with van der Waals surface area (Å²) in [6, 6.07) is 8.84. The molecule has 1 aliphatic carbocycles. The molecule has 1 saturated carbocycles. The molecule has 18 heavy (non-hydrogen) atoms. The zero-order valence-corrected chi connectivity index (χ0v) is 11.6. The third-order valence-electron chi connectivity index (χ3n) is 4.15. The van der Waals surface area contributed by atoms with E-state index < -0.39 is 0 Å². The minimum absolute atomic E-state index is 0.678. The van der Waals surface area contributed by atoms with Crippen LogP contribution in [0, 0.1) is 12.8 Å². The summed E-state index contributed by atoms with van der Waals surface area (Å²) in [4.78, 5) is 0. The van der Waals surface area contributed by atoms with Crippen molar-refractivity contribution in [2.24, 2.45) is 5.92 Å². The van der Waals surface area contributed by atoms with E-state index in [1.165, 1.54) is 30.4 Å². The SMILES string of the molecule is COCCNCC(c1ccccc1C)C1CCC1. The monoisotopic (exact) mass is 247 g/mol. The first-order chi connectivity index (χ1) is 8.83. The molecule has 100 valence electrons. The smallest absolute Gasteiger partial charge is 0.0587 e. The van der Waals surface area contributed by atoms with E-state index in [9.17, 15) is 0 Å². The minimum atomic E-state index is 0.678. The number of rotatable bonds is 7. The predicted molar refractivity (Wildman–Crippen MR) is 76.0 cm³/mol. The Morgan fingerprint density at radius 3 is 2.72 bits per heavy atom. The van der Waals surface area contributed by atoms with Gasteiger partial charge in [0, 0.05) is 20.2 Å². The summed E-state index contributed by atoms with van der Waals surface area (Å²) in [5.74, 6) is 1.55. The number of hydrogen-bond acceptors (Lipinski definition) is 2. The van der Waals surface area contributed by atoms with Gasteiger partial charge in [0.05, 0.1) is 6.61 Å². The Balaban J connectivity index is 1.98. The summed E-state index contributed by atoms with van der Waals surface area (Å²) in [5, 5.41) is 3.54. The second-order valence-electron chi connectivity index (χ2n) is 5.35. The maximum absolute atomic E-state index is 5.09. The van der Waals surface area contributed by atoms with Gasteiger partial charge in [0.1, 0.15) is 0 Å². The predicted octanol–water partition coefficient (Wildman–Crippen LogP) is 3.11. The van der Waals surface area contributed by atoms with Crippen LogP contribution in [0.15, 0.2) is 24.3 Å². The molecule has 0 spiro atoms. The van der Waals surface area contributed by atoms with E-state index in [0.717, 1.165) is 25.6 Å². The molecule has 0 amide bonds. The summed E-state index contributed by atoms with van der Waals surface area (Å²) in [6.07, 6.45) is 4.20. The van der Waals surface area contributed by atoms with Crippen LogP contribution < -0.4 is 5.32 Å². The summed E-state index contributed by atoms with van der Waals surface area (Å²) < 4.78 is 5.09.